The number of thiocarbonyl (C=S) groups is 1. The van der Waals surface area contributed by atoms with Crippen LogP contribution in [0.25, 0.3) is 6.08 Å². The summed E-state index contributed by atoms with van der Waals surface area (Å²) in [5.74, 6) is 0.115. The Kier molecular flexibility index (Phi) is 6.33. The maximum Gasteiger partial charge on any atom is 0.266 e. The van der Waals surface area contributed by atoms with Crippen LogP contribution in [0.2, 0.25) is 5.02 Å². The number of amides is 1. The molecule has 1 aliphatic rings. The number of rotatable bonds is 6. The largest absolute Gasteiger partial charge is 0.503 e. The van der Waals surface area contributed by atoms with E-state index < -0.39 is 0 Å². The molecule has 1 N–H and O–H groups in total. The SMILES string of the molecule is CCCCN1C(=O)/C(=C\c2cc(Cl)c(O)c(OCC)c2)SC1=S. The predicted octanol–water partition coefficient (Wildman–Crippen LogP) is 4.45. The minimum atomic E-state index is -0.0961. The molecule has 0 saturated carbocycles. The van der Waals surface area contributed by atoms with Crippen LogP contribution in [-0.4, -0.2) is 33.4 Å². The van der Waals surface area contributed by atoms with Crippen LogP contribution in [0.1, 0.15) is 32.3 Å². The molecule has 23 heavy (non-hydrogen) atoms. The first-order valence-electron chi connectivity index (χ1n) is 7.38. The molecule has 0 radical (unpaired) electrons. The Labute approximate surface area is 150 Å². The lowest BCUT2D eigenvalue weighted by Crippen LogP contribution is -2.28. The normalized spacial score (nSPS) is 16.5. The van der Waals surface area contributed by atoms with Crippen LogP contribution in [0.15, 0.2) is 17.0 Å². The lowest BCUT2D eigenvalue weighted by molar-refractivity contribution is -0.122. The Balaban J connectivity index is 2.28. The van der Waals surface area contributed by atoms with Gasteiger partial charge in [-0.3, -0.25) is 9.69 Å². The summed E-state index contributed by atoms with van der Waals surface area (Å²) in [7, 11) is 0. The summed E-state index contributed by atoms with van der Waals surface area (Å²) in [5.41, 5.74) is 0.687. The molecule has 0 aromatic heterocycles. The van der Waals surface area contributed by atoms with E-state index in [1.165, 1.54) is 11.8 Å². The van der Waals surface area contributed by atoms with Crippen molar-refractivity contribution in [2.24, 2.45) is 0 Å². The Morgan fingerprint density at radius 2 is 2.17 bits per heavy atom. The molecule has 1 amide bonds. The molecule has 1 saturated heterocycles. The molecule has 124 valence electrons. The molecule has 1 aromatic carbocycles. The zero-order valence-corrected chi connectivity index (χ0v) is 15.4. The Bertz CT molecular complexity index is 661. The molecular weight excluding hydrogens is 354 g/mol. The van der Waals surface area contributed by atoms with Gasteiger partial charge in [-0.25, -0.2) is 0 Å². The van der Waals surface area contributed by atoms with Crippen LogP contribution in [-0.2, 0) is 4.79 Å². The van der Waals surface area contributed by atoms with Crippen molar-refractivity contribution in [2.45, 2.75) is 26.7 Å². The Morgan fingerprint density at radius 3 is 2.83 bits per heavy atom. The van der Waals surface area contributed by atoms with Gasteiger partial charge in [0, 0.05) is 6.54 Å². The van der Waals surface area contributed by atoms with Gasteiger partial charge in [-0.2, -0.15) is 0 Å². The predicted molar refractivity (Wildman–Crippen MR) is 99.1 cm³/mol. The number of nitrogens with zero attached hydrogens (tertiary/aromatic N) is 1. The molecule has 1 fully saturated rings. The molecule has 0 bridgehead atoms. The first kappa shape index (κ1) is 18.1. The second-order valence-electron chi connectivity index (χ2n) is 4.97. The fraction of sp³-hybridized carbons (Fsp3) is 0.375. The zero-order chi connectivity index (χ0) is 17.0. The van der Waals surface area contributed by atoms with E-state index in [2.05, 4.69) is 6.92 Å². The summed E-state index contributed by atoms with van der Waals surface area (Å²) in [4.78, 5) is 14.6. The molecule has 7 heteroatoms. The second-order valence-corrected chi connectivity index (χ2v) is 7.05. The highest BCUT2D eigenvalue weighted by Crippen LogP contribution is 2.38. The Hall–Kier alpha value is -1.24. The van der Waals surface area contributed by atoms with Gasteiger partial charge in [0.25, 0.3) is 5.91 Å². The number of carbonyl (C=O) groups excluding carboxylic acids is 1. The number of phenols is 1. The minimum absolute atomic E-state index is 0.0874. The summed E-state index contributed by atoms with van der Waals surface area (Å²) < 4.78 is 5.93. The molecule has 1 aromatic rings. The topological polar surface area (TPSA) is 49.8 Å². The molecule has 0 aliphatic carbocycles. The number of halogens is 1. The lowest BCUT2D eigenvalue weighted by Gasteiger charge is -2.13. The van der Waals surface area contributed by atoms with Crippen LogP contribution in [0.5, 0.6) is 11.5 Å². The van der Waals surface area contributed by atoms with Gasteiger partial charge in [0.05, 0.1) is 16.5 Å². The van der Waals surface area contributed by atoms with Crippen LogP contribution >= 0.6 is 35.6 Å². The third-order valence-corrected chi connectivity index (χ3v) is 4.92. The summed E-state index contributed by atoms with van der Waals surface area (Å²) in [6.07, 6.45) is 3.64. The van der Waals surface area contributed by atoms with Gasteiger partial charge >= 0.3 is 0 Å². The van der Waals surface area contributed by atoms with Crippen LogP contribution in [0, 0.1) is 0 Å². The van der Waals surface area contributed by atoms with Crippen LogP contribution in [0.3, 0.4) is 0 Å². The number of phenolic OH excluding ortho intramolecular Hbond substituents is 1. The zero-order valence-electron chi connectivity index (χ0n) is 13.0. The van der Waals surface area contributed by atoms with E-state index in [1.54, 1.807) is 23.1 Å². The van der Waals surface area contributed by atoms with Gasteiger partial charge in [0.1, 0.15) is 4.32 Å². The average Bonchev–Trinajstić information content (AvgIpc) is 2.77. The molecule has 0 atom stereocenters. The van der Waals surface area contributed by atoms with Crippen molar-refractivity contribution >= 4 is 51.9 Å². The summed E-state index contributed by atoms with van der Waals surface area (Å²) in [5, 5.41) is 10.1. The van der Waals surface area contributed by atoms with Crippen molar-refractivity contribution in [3.05, 3.63) is 27.6 Å². The maximum absolute atomic E-state index is 12.4. The number of aromatic hydroxyl groups is 1. The van der Waals surface area contributed by atoms with E-state index in [4.69, 9.17) is 28.6 Å². The maximum atomic E-state index is 12.4. The number of unbranched alkanes of at least 4 members (excludes halogenated alkanes) is 1. The monoisotopic (exact) mass is 371 g/mol. The molecule has 0 spiro atoms. The van der Waals surface area contributed by atoms with Gasteiger partial charge in [0.2, 0.25) is 0 Å². The summed E-state index contributed by atoms with van der Waals surface area (Å²) >= 11 is 12.6. The third-order valence-electron chi connectivity index (χ3n) is 3.26. The van der Waals surface area contributed by atoms with E-state index >= 15 is 0 Å². The average molecular weight is 372 g/mol. The number of ether oxygens (including phenoxy) is 1. The van der Waals surface area contributed by atoms with Gasteiger partial charge in [-0.1, -0.05) is 48.9 Å². The number of hydrogen-bond donors (Lipinski definition) is 1. The molecule has 1 heterocycles. The van der Waals surface area contributed by atoms with Crippen molar-refractivity contribution in [2.75, 3.05) is 13.2 Å². The highest BCUT2D eigenvalue weighted by molar-refractivity contribution is 8.26. The van der Waals surface area contributed by atoms with Gasteiger partial charge in [-0.15, -0.1) is 0 Å². The summed E-state index contributed by atoms with van der Waals surface area (Å²) in [6, 6.07) is 3.25. The smallest absolute Gasteiger partial charge is 0.266 e. The number of hydrogen-bond acceptors (Lipinski definition) is 5. The standard InChI is InChI=1S/C16H18ClNO3S2/c1-3-5-6-18-15(20)13(23-16(18)22)9-10-7-11(17)14(19)12(8-10)21-4-2/h7-9,19H,3-6H2,1-2H3/b13-9+. The lowest BCUT2D eigenvalue weighted by atomic mass is 10.2. The van der Waals surface area contributed by atoms with Crippen molar-refractivity contribution in [1.82, 2.24) is 4.90 Å². The number of thioether (sulfide) groups is 1. The highest BCUT2D eigenvalue weighted by atomic mass is 35.5. The van der Waals surface area contributed by atoms with Crippen LogP contribution in [0.4, 0.5) is 0 Å². The molecule has 2 rings (SSSR count). The third kappa shape index (κ3) is 4.19. The fourth-order valence-electron chi connectivity index (χ4n) is 2.10. The van der Waals surface area contributed by atoms with E-state index in [0.717, 1.165) is 12.8 Å². The van der Waals surface area contributed by atoms with E-state index in [0.29, 0.717) is 33.7 Å². The minimum Gasteiger partial charge on any atom is -0.503 e. The molecule has 4 nitrogen and oxygen atoms in total. The van der Waals surface area contributed by atoms with Gasteiger partial charge in [0.15, 0.2) is 11.5 Å². The second kappa shape index (κ2) is 8.04. The first-order valence-corrected chi connectivity index (χ1v) is 8.98. The van der Waals surface area contributed by atoms with Gasteiger partial charge in [-0.05, 0) is 37.1 Å². The van der Waals surface area contributed by atoms with Crippen molar-refractivity contribution in [3.63, 3.8) is 0 Å². The summed E-state index contributed by atoms with van der Waals surface area (Å²) in [6.45, 7) is 4.94. The van der Waals surface area contributed by atoms with E-state index in [1.807, 2.05) is 6.92 Å². The molecule has 1 aliphatic heterocycles. The molecular formula is C16H18ClNO3S2. The van der Waals surface area contributed by atoms with Gasteiger partial charge < -0.3 is 9.84 Å². The Morgan fingerprint density at radius 1 is 1.43 bits per heavy atom. The number of carbonyl (C=O) groups is 1. The van der Waals surface area contributed by atoms with Crippen LogP contribution < -0.4 is 4.74 Å². The first-order chi connectivity index (χ1) is 11.0. The van der Waals surface area contributed by atoms with E-state index in [9.17, 15) is 9.90 Å². The highest BCUT2D eigenvalue weighted by Gasteiger charge is 2.31. The molecule has 0 unspecified atom stereocenters. The van der Waals surface area contributed by atoms with Crippen molar-refractivity contribution < 1.29 is 14.6 Å². The fourth-order valence-corrected chi connectivity index (χ4v) is 3.63. The van der Waals surface area contributed by atoms with E-state index in [-0.39, 0.29) is 16.7 Å². The number of benzene rings is 1. The van der Waals surface area contributed by atoms with Crippen molar-refractivity contribution in [1.29, 1.82) is 0 Å². The van der Waals surface area contributed by atoms with Crippen molar-refractivity contribution in [3.8, 4) is 11.5 Å². The quantitative estimate of drug-likeness (QED) is 0.591.